The second kappa shape index (κ2) is 5.29. The van der Waals surface area contributed by atoms with Crippen molar-refractivity contribution < 1.29 is 4.39 Å². The van der Waals surface area contributed by atoms with Crippen LogP contribution in [0, 0.1) is 5.82 Å². The van der Waals surface area contributed by atoms with E-state index >= 15 is 0 Å². The van der Waals surface area contributed by atoms with Crippen LogP contribution in [0.4, 0.5) is 4.39 Å². The Balaban J connectivity index is 2.13. The van der Waals surface area contributed by atoms with E-state index in [9.17, 15) is 4.39 Å². The van der Waals surface area contributed by atoms with Crippen LogP contribution in [0.25, 0.3) is 0 Å². The first-order chi connectivity index (χ1) is 8.19. The van der Waals surface area contributed by atoms with Gasteiger partial charge in [0.05, 0.1) is 12.2 Å². The molecule has 0 aliphatic carbocycles. The first-order valence-corrected chi connectivity index (χ1v) is 5.67. The molecule has 90 valence electrons. The Morgan fingerprint density at radius 3 is 2.94 bits per heavy atom. The number of benzene rings is 1. The Hall–Kier alpha value is -1.39. The van der Waals surface area contributed by atoms with Crippen molar-refractivity contribution in [2.24, 2.45) is 0 Å². The Labute approximate surface area is 104 Å². The van der Waals surface area contributed by atoms with Gasteiger partial charge >= 0.3 is 0 Å². The van der Waals surface area contributed by atoms with E-state index in [2.05, 4.69) is 10.4 Å². The summed E-state index contributed by atoms with van der Waals surface area (Å²) in [7, 11) is 1.87. The lowest BCUT2D eigenvalue weighted by molar-refractivity contribution is 0.623. The number of hydrogen-bond acceptors (Lipinski definition) is 2. The summed E-state index contributed by atoms with van der Waals surface area (Å²) in [6, 6.07) is 6.33. The molecular formula is C12H13ClFN3. The maximum atomic E-state index is 12.9. The van der Waals surface area contributed by atoms with Crippen LogP contribution in [0.5, 0.6) is 0 Å². The standard InChI is InChI=1S/C12H13ClFN3/c1-15-7-11-4-5-17(16-11)8-9-2-3-10(14)6-12(9)13/h2-6,15H,7-8H2,1H3. The molecular weight excluding hydrogens is 241 g/mol. The summed E-state index contributed by atoms with van der Waals surface area (Å²) in [5.74, 6) is -0.324. The number of aromatic nitrogens is 2. The molecule has 17 heavy (non-hydrogen) atoms. The largest absolute Gasteiger partial charge is 0.314 e. The zero-order valence-corrected chi connectivity index (χ0v) is 10.2. The Bertz CT molecular complexity index is 510. The quantitative estimate of drug-likeness (QED) is 0.907. The van der Waals surface area contributed by atoms with Gasteiger partial charge in [-0.15, -0.1) is 0 Å². The molecule has 0 fully saturated rings. The van der Waals surface area contributed by atoms with E-state index in [-0.39, 0.29) is 5.82 Å². The van der Waals surface area contributed by atoms with Gasteiger partial charge < -0.3 is 5.32 Å². The molecule has 0 aliphatic rings. The number of rotatable bonds is 4. The minimum Gasteiger partial charge on any atom is -0.314 e. The molecule has 5 heteroatoms. The fourth-order valence-electron chi connectivity index (χ4n) is 1.59. The van der Waals surface area contributed by atoms with E-state index in [1.54, 1.807) is 10.7 Å². The number of nitrogens with zero attached hydrogens (tertiary/aromatic N) is 2. The molecule has 0 atom stereocenters. The third-order valence-corrected chi connectivity index (χ3v) is 2.75. The van der Waals surface area contributed by atoms with E-state index in [1.165, 1.54) is 12.1 Å². The molecule has 1 N–H and O–H groups in total. The van der Waals surface area contributed by atoms with Gasteiger partial charge in [-0.2, -0.15) is 5.10 Å². The smallest absolute Gasteiger partial charge is 0.124 e. The molecule has 0 saturated heterocycles. The normalized spacial score (nSPS) is 10.8. The van der Waals surface area contributed by atoms with Crippen LogP contribution in [-0.4, -0.2) is 16.8 Å². The average Bonchev–Trinajstić information content (AvgIpc) is 2.71. The van der Waals surface area contributed by atoms with Crippen LogP contribution in [0.2, 0.25) is 5.02 Å². The fraction of sp³-hybridized carbons (Fsp3) is 0.250. The highest BCUT2D eigenvalue weighted by molar-refractivity contribution is 6.31. The summed E-state index contributed by atoms with van der Waals surface area (Å²) in [5.41, 5.74) is 1.82. The summed E-state index contributed by atoms with van der Waals surface area (Å²) in [6.07, 6.45) is 1.88. The SMILES string of the molecule is CNCc1ccn(Cc2ccc(F)cc2Cl)n1. The van der Waals surface area contributed by atoms with Crippen LogP contribution in [0.15, 0.2) is 30.5 Å². The Morgan fingerprint density at radius 2 is 2.24 bits per heavy atom. The topological polar surface area (TPSA) is 29.9 Å². The molecule has 0 radical (unpaired) electrons. The molecule has 2 aromatic rings. The lowest BCUT2D eigenvalue weighted by Crippen LogP contribution is -2.07. The molecule has 0 aliphatic heterocycles. The molecule has 0 bridgehead atoms. The molecule has 1 aromatic carbocycles. The minimum absolute atomic E-state index is 0.324. The van der Waals surface area contributed by atoms with E-state index < -0.39 is 0 Å². The summed E-state index contributed by atoms with van der Waals surface area (Å²) in [4.78, 5) is 0. The highest BCUT2D eigenvalue weighted by Gasteiger charge is 2.04. The van der Waals surface area contributed by atoms with Crippen LogP contribution < -0.4 is 5.32 Å². The van der Waals surface area contributed by atoms with Crippen molar-refractivity contribution in [3.63, 3.8) is 0 Å². The van der Waals surface area contributed by atoms with E-state index in [0.29, 0.717) is 11.6 Å². The van der Waals surface area contributed by atoms with Gasteiger partial charge in [-0.25, -0.2) is 4.39 Å². The van der Waals surface area contributed by atoms with Gasteiger partial charge in [0.1, 0.15) is 5.82 Å². The van der Waals surface area contributed by atoms with Crippen molar-refractivity contribution in [1.82, 2.24) is 15.1 Å². The van der Waals surface area contributed by atoms with Gasteiger partial charge in [-0.3, -0.25) is 4.68 Å². The van der Waals surface area contributed by atoms with Crippen molar-refractivity contribution in [2.45, 2.75) is 13.1 Å². The molecule has 2 rings (SSSR count). The molecule has 1 aromatic heterocycles. The Morgan fingerprint density at radius 1 is 1.41 bits per heavy atom. The second-order valence-electron chi connectivity index (χ2n) is 3.77. The second-order valence-corrected chi connectivity index (χ2v) is 4.18. The lowest BCUT2D eigenvalue weighted by atomic mass is 10.2. The number of halogens is 2. The zero-order valence-electron chi connectivity index (χ0n) is 9.45. The molecule has 0 saturated carbocycles. The zero-order chi connectivity index (χ0) is 12.3. The number of nitrogens with one attached hydrogen (secondary N) is 1. The van der Waals surface area contributed by atoms with Crippen molar-refractivity contribution >= 4 is 11.6 Å². The third kappa shape index (κ3) is 3.05. The van der Waals surface area contributed by atoms with Gasteiger partial charge in [-0.05, 0) is 30.8 Å². The highest BCUT2D eigenvalue weighted by atomic mass is 35.5. The first kappa shape index (κ1) is 12.1. The maximum absolute atomic E-state index is 12.9. The Kier molecular flexibility index (Phi) is 3.76. The maximum Gasteiger partial charge on any atom is 0.124 e. The molecule has 0 unspecified atom stereocenters. The molecule has 3 nitrogen and oxygen atoms in total. The van der Waals surface area contributed by atoms with Gasteiger partial charge in [-0.1, -0.05) is 17.7 Å². The van der Waals surface area contributed by atoms with Crippen molar-refractivity contribution in [1.29, 1.82) is 0 Å². The molecule has 1 heterocycles. The van der Waals surface area contributed by atoms with E-state index in [4.69, 9.17) is 11.6 Å². The van der Waals surface area contributed by atoms with Crippen molar-refractivity contribution in [3.8, 4) is 0 Å². The minimum atomic E-state index is -0.324. The molecule has 0 spiro atoms. The monoisotopic (exact) mass is 253 g/mol. The first-order valence-electron chi connectivity index (χ1n) is 5.30. The highest BCUT2D eigenvalue weighted by Crippen LogP contribution is 2.18. The average molecular weight is 254 g/mol. The number of hydrogen-bond donors (Lipinski definition) is 1. The predicted molar refractivity (Wildman–Crippen MR) is 65.5 cm³/mol. The van der Waals surface area contributed by atoms with E-state index in [1.807, 2.05) is 19.3 Å². The fourth-order valence-corrected chi connectivity index (χ4v) is 1.82. The molecule has 0 amide bonds. The lowest BCUT2D eigenvalue weighted by Gasteiger charge is -2.04. The van der Waals surface area contributed by atoms with E-state index in [0.717, 1.165) is 17.8 Å². The summed E-state index contributed by atoms with van der Waals surface area (Å²) < 4.78 is 14.7. The van der Waals surface area contributed by atoms with Gasteiger partial charge in [0.2, 0.25) is 0 Å². The van der Waals surface area contributed by atoms with Crippen LogP contribution in [0.1, 0.15) is 11.3 Å². The van der Waals surface area contributed by atoms with Crippen LogP contribution >= 0.6 is 11.6 Å². The third-order valence-electron chi connectivity index (χ3n) is 2.40. The van der Waals surface area contributed by atoms with Gasteiger partial charge in [0.15, 0.2) is 0 Å². The van der Waals surface area contributed by atoms with Crippen LogP contribution in [-0.2, 0) is 13.1 Å². The van der Waals surface area contributed by atoms with Gasteiger partial charge in [0.25, 0.3) is 0 Å². The van der Waals surface area contributed by atoms with Crippen molar-refractivity contribution in [3.05, 3.63) is 52.6 Å². The predicted octanol–water partition coefficient (Wildman–Crippen LogP) is 2.44. The summed E-state index contributed by atoms with van der Waals surface area (Å²) in [5, 5.41) is 7.82. The van der Waals surface area contributed by atoms with Crippen LogP contribution in [0.3, 0.4) is 0 Å². The van der Waals surface area contributed by atoms with Crippen molar-refractivity contribution in [2.75, 3.05) is 7.05 Å². The van der Waals surface area contributed by atoms with Gasteiger partial charge in [0, 0.05) is 17.8 Å². The summed E-state index contributed by atoms with van der Waals surface area (Å²) >= 11 is 5.95. The summed E-state index contributed by atoms with van der Waals surface area (Å²) in [6.45, 7) is 1.27.